The van der Waals surface area contributed by atoms with Crippen LogP contribution in [0.4, 0.5) is 0 Å². The Labute approximate surface area is 86.0 Å². The molecule has 0 unspecified atom stereocenters. The molecule has 0 fully saturated rings. The van der Waals surface area contributed by atoms with Crippen molar-refractivity contribution in [1.82, 2.24) is 0 Å². The number of rotatable bonds is 4. The topological polar surface area (TPSA) is 52.0 Å². The van der Waals surface area contributed by atoms with E-state index in [9.17, 15) is 0 Å². The lowest BCUT2D eigenvalue weighted by molar-refractivity contribution is -0.921. The summed E-state index contributed by atoms with van der Waals surface area (Å²) < 4.78 is 1.06. The first kappa shape index (κ1) is 14.8. The summed E-state index contributed by atoms with van der Waals surface area (Å²) >= 11 is 0. The molecule has 0 aliphatic rings. The van der Waals surface area contributed by atoms with Crippen LogP contribution in [0.2, 0.25) is 0 Å². The maximum absolute atomic E-state index is 5.75. The van der Waals surface area contributed by atoms with Gasteiger partial charge in [-0.25, -0.2) is 0 Å². The van der Waals surface area contributed by atoms with E-state index < -0.39 is 0 Å². The highest BCUT2D eigenvalue weighted by Crippen LogP contribution is 1.93. The minimum atomic E-state index is 0. The van der Waals surface area contributed by atoms with E-state index in [4.69, 9.17) is 11.7 Å². The highest BCUT2D eigenvalue weighted by atomic mass is 79.9. The van der Waals surface area contributed by atoms with E-state index in [2.05, 4.69) is 0 Å². The Morgan fingerprint density at radius 3 is 1.25 bits per heavy atom. The first-order chi connectivity index (χ1) is 4.71. The third kappa shape index (κ3) is 12.9. The van der Waals surface area contributed by atoms with Crippen molar-refractivity contribution >= 4 is 0 Å². The highest BCUT2D eigenvalue weighted by Gasteiger charge is 2.12. The van der Waals surface area contributed by atoms with Crippen LogP contribution in [0.5, 0.6) is 0 Å². The van der Waals surface area contributed by atoms with Crippen molar-refractivity contribution in [3.8, 4) is 0 Å². The van der Waals surface area contributed by atoms with Gasteiger partial charge in [-0.15, -0.1) is 0 Å². The van der Waals surface area contributed by atoms with Crippen molar-refractivity contribution in [2.75, 3.05) is 41.3 Å². The molecule has 0 aromatic rings. The summed E-state index contributed by atoms with van der Waals surface area (Å²) in [5.74, 6) is 11.5. The molecule has 76 valence electrons. The standard InChI is InChI=1S/C7H22N4.BrH/c1-10(2,8)6-5-7-11(3,4)9;/h5-9H2,1-4H3;1H/q+2;/p-1. The van der Waals surface area contributed by atoms with Gasteiger partial charge in [0.05, 0.1) is 28.2 Å². The highest BCUT2D eigenvalue weighted by molar-refractivity contribution is 4.31. The first-order valence-electron chi connectivity index (χ1n) is 3.94. The molecule has 5 heteroatoms. The fourth-order valence-electron chi connectivity index (χ4n) is 0.886. The molecule has 0 radical (unpaired) electrons. The van der Waals surface area contributed by atoms with Gasteiger partial charge in [-0.2, -0.15) is 11.7 Å². The lowest BCUT2D eigenvalue weighted by Gasteiger charge is -2.26. The zero-order chi connectivity index (χ0) is 9.12. The zero-order valence-corrected chi connectivity index (χ0v) is 10.1. The second-order valence-electron chi connectivity index (χ2n) is 4.36. The van der Waals surface area contributed by atoms with Gasteiger partial charge in [0.2, 0.25) is 0 Å². The molecule has 0 aromatic heterocycles. The number of nitrogens with zero attached hydrogens (tertiary/aromatic N) is 2. The Hall–Kier alpha value is 0.320. The van der Waals surface area contributed by atoms with Crippen LogP contribution < -0.4 is 28.7 Å². The molecule has 0 spiro atoms. The number of halogens is 1. The maximum Gasteiger partial charge on any atom is 0.101 e. The SMILES string of the molecule is C[N+](C)(N)CCC[N+](C)(C)N.[Br-]. The van der Waals surface area contributed by atoms with Crippen LogP contribution in [-0.4, -0.2) is 50.5 Å². The molecular formula is C7H22BrN4+. The fraction of sp³-hybridized carbons (Fsp3) is 1.00. The van der Waals surface area contributed by atoms with Crippen LogP contribution in [0.1, 0.15) is 6.42 Å². The number of nitrogens with two attached hydrogens (primary N) is 2. The van der Waals surface area contributed by atoms with Crippen molar-refractivity contribution in [1.29, 1.82) is 0 Å². The molecule has 0 aliphatic carbocycles. The molecule has 0 heterocycles. The monoisotopic (exact) mass is 241 g/mol. The average molecular weight is 242 g/mol. The van der Waals surface area contributed by atoms with Gasteiger partial charge in [-0.05, 0) is 0 Å². The number of quaternary nitrogens is 2. The smallest absolute Gasteiger partial charge is 0.101 e. The lowest BCUT2D eigenvalue weighted by Crippen LogP contribution is -3.00. The normalized spacial score (nSPS) is 12.5. The van der Waals surface area contributed by atoms with Crippen molar-refractivity contribution in [3.63, 3.8) is 0 Å². The maximum atomic E-state index is 5.75. The van der Waals surface area contributed by atoms with E-state index in [0.29, 0.717) is 9.18 Å². The van der Waals surface area contributed by atoms with E-state index in [1.807, 2.05) is 28.2 Å². The van der Waals surface area contributed by atoms with Gasteiger partial charge in [0, 0.05) is 6.42 Å². The second-order valence-corrected chi connectivity index (χ2v) is 4.36. The molecule has 4 nitrogen and oxygen atoms in total. The quantitative estimate of drug-likeness (QED) is 0.303. The first-order valence-corrected chi connectivity index (χ1v) is 3.94. The van der Waals surface area contributed by atoms with Crippen molar-refractivity contribution < 1.29 is 26.2 Å². The number of hydrogen-bond acceptors (Lipinski definition) is 2. The predicted molar refractivity (Wildman–Crippen MR) is 46.9 cm³/mol. The van der Waals surface area contributed by atoms with Gasteiger partial charge in [-0.1, -0.05) is 0 Å². The summed E-state index contributed by atoms with van der Waals surface area (Å²) in [6, 6.07) is 0. The minimum absolute atomic E-state index is 0. The Balaban J connectivity index is 0. The molecule has 12 heavy (non-hydrogen) atoms. The average Bonchev–Trinajstić information content (AvgIpc) is 1.55. The molecule has 0 aliphatic heterocycles. The van der Waals surface area contributed by atoms with Crippen LogP contribution in [0, 0.1) is 0 Å². The second kappa shape index (κ2) is 5.14. The molecular weight excluding hydrogens is 220 g/mol. The fourth-order valence-corrected chi connectivity index (χ4v) is 0.886. The summed E-state index contributed by atoms with van der Waals surface area (Å²) in [7, 11) is 7.93. The van der Waals surface area contributed by atoms with Gasteiger partial charge < -0.3 is 17.0 Å². The van der Waals surface area contributed by atoms with Crippen LogP contribution in [-0.2, 0) is 0 Å². The van der Waals surface area contributed by atoms with Crippen LogP contribution >= 0.6 is 0 Å². The van der Waals surface area contributed by atoms with Crippen molar-refractivity contribution in [2.45, 2.75) is 6.42 Å². The molecule has 0 atom stereocenters. The molecule has 0 bridgehead atoms. The Kier molecular flexibility index (Phi) is 6.35. The van der Waals surface area contributed by atoms with Crippen LogP contribution in [0.25, 0.3) is 0 Å². The third-order valence-electron chi connectivity index (χ3n) is 1.47. The van der Waals surface area contributed by atoms with E-state index >= 15 is 0 Å². The van der Waals surface area contributed by atoms with Crippen LogP contribution in [0.15, 0.2) is 0 Å². The van der Waals surface area contributed by atoms with E-state index in [1.165, 1.54) is 0 Å². The Bertz CT molecular complexity index is 99.6. The summed E-state index contributed by atoms with van der Waals surface area (Å²) in [6.45, 7) is 1.94. The van der Waals surface area contributed by atoms with Gasteiger partial charge >= 0.3 is 0 Å². The molecule has 0 amide bonds. The summed E-state index contributed by atoms with van der Waals surface area (Å²) in [4.78, 5) is 0. The van der Waals surface area contributed by atoms with Crippen molar-refractivity contribution in [2.24, 2.45) is 11.7 Å². The Morgan fingerprint density at radius 1 is 0.833 bits per heavy atom. The van der Waals surface area contributed by atoms with Gasteiger partial charge in [0.25, 0.3) is 0 Å². The van der Waals surface area contributed by atoms with Crippen LogP contribution in [0.3, 0.4) is 0 Å². The molecule has 0 rings (SSSR count). The van der Waals surface area contributed by atoms with E-state index in [0.717, 1.165) is 19.5 Å². The summed E-state index contributed by atoms with van der Waals surface area (Å²) in [6.07, 6.45) is 1.06. The largest absolute Gasteiger partial charge is 1.00 e. The van der Waals surface area contributed by atoms with E-state index in [1.54, 1.807) is 0 Å². The molecule has 0 saturated carbocycles. The zero-order valence-electron chi connectivity index (χ0n) is 8.55. The van der Waals surface area contributed by atoms with Gasteiger partial charge in [0.1, 0.15) is 13.1 Å². The number of hydrogen-bond donors (Lipinski definition) is 2. The van der Waals surface area contributed by atoms with Gasteiger partial charge in [0.15, 0.2) is 0 Å². The minimum Gasteiger partial charge on any atom is -1.00 e. The molecule has 4 N–H and O–H groups in total. The lowest BCUT2D eigenvalue weighted by atomic mass is 10.4. The Morgan fingerprint density at radius 2 is 1.08 bits per heavy atom. The van der Waals surface area contributed by atoms with Gasteiger partial charge in [-0.3, -0.25) is 9.18 Å². The molecule has 0 saturated heterocycles. The predicted octanol–water partition coefficient (Wildman–Crippen LogP) is -3.72. The third-order valence-corrected chi connectivity index (χ3v) is 1.47. The summed E-state index contributed by atoms with van der Waals surface area (Å²) in [5.41, 5.74) is 0. The van der Waals surface area contributed by atoms with Crippen molar-refractivity contribution in [3.05, 3.63) is 0 Å². The summed E-state index contributed by atoms with van der Waals surface area (Å²) in [5, 5.41) is 0. The van der Waals surface area contributed by atoms with E-state index in [-0.39, 0.29) is 17.0 Å². The molecule has 0 aromatic carbocycles.